The van der Waals surface area contributed by atoms with Crippen molar-refractivity contribution in [2.75, 3.05) is 18.1 Å². The Morgan fingerprint density at radius 2 is 1.88 bits per heavy atom. The third-order valence-corrected chi connectivity index (χ3v) is 3.74. The van der Waals surface area contributed by atoms with Crippen LogP contribution in [-0.4, -0.2) is 31.2 Å². The lowest BCUT2D eigenvalue weighted by Gasteiger charge is -2.13. The molecule has 2 aromatic heterocycles. The van der Waals surface area contributed by atoms with Gasteiger partial charge in [0.05, 0.1) is 11.3 Å². The first-order valence-corrected chi connectivity index (χ1v) is 7.77. The zero-order chi connectivity index (χ0) is 16.9. The lowest BCUT2D eigenvalue weighted by atomic mass is 10.1. The quantitative estimate of drug-likeness (QED) is 0.632. The van der Waals surface area contributed by atoms with E-state index in [1.807, 2.05) is 29.0 Å². The standard InChI is InChI=1S/C17H20N6O/c18-15-14(13(7-4-10-24)21-17(19)22-15)16-20-8-9-23(16)11-12-5-2-1-3-6-12/h1-3,5-6,8-9,24H,4,7,10-11H2,(H4,18,19,21,22). The molecule has 3 rings (SSSR count). The molecular formula is C17H20N6O. The number of aromatic nitrogens is 4. The van der Waals surface area contributed by atoms with E-state index >= 15 is 0 Å². The van der Waals surface area contributed by atoms with Crippen LogP contribution >= 0.6 is 0 Å². The molecule has 7 heteroatoms. The fourth-order valence-corrected chi connectivity index (χ4v) is 2.66. The number of aliphatic hydroxyl groups is 1. The molecule has 24 heavy (non-hydrogen) atoms. The summed E-state index contributed by atoms with van der Waals surface area (Å²) in [5.74, 6) is 1.13. The number of anilines is 2. The number of nitrogens with zero attached hydrogens (tertiary/aromatic N) is 4. The molecule has 2 heterocycles. The average molecular weight is 324 g/mol. The summed E-state index contributed by atoms with van der Waals surface area (Å²) in [4.78, 5) is 12.8. The van der Waals surface area contributed by atoms with E-state index in [-0.39, 0.29) is 12.6 Å². The molecule has 0 aliphatic rings. The van der Waals surface area contributed by atoms with Gasteiger partial charge in [-0.1, -0.05) is 30.3 Å². The van der Waals surface area contributed by atoms with Crippen molar-refractivity contribution >= 4 is 11.8 Å². The van der Waals surface area contributed by atoms with Gasteiger partial charge in [0.15, 0.2) is 0 Å². The average Bonchev–Trinajstić information content (AvgIpc) is 3.01. The number of rotatable bonds is 6. The van der Waals surface area contributed by atoms with E-state index in [4.69, 9.17) is 16.6 Å². The number of nitrogens with two attached hydrogens (primary N) is 2. The smallest absolute Gasteiger partial charge is 0.222 e. The Bertz CT molecular complexity index is 815. The van der Waals surface area contributed by atoms with Crippen molar-refractivity contribution in [2.45, 2.75) is 19.4 Å². The van der Waals surface area contributed by atoms with Crippen molar-refractivity contribution in [3.63, 3.8) is 0 Å². The Morgan fingerprint density at radius 1 is 1.08 bits per heavy atom. The fraction of sp³-hybridized carbons (Fsp3) is 0.235. The van der Waals surface area contributed by atoms with Crippen molar-refractivity contribution in [2.24, 2.45) is 0 Å². The highest BCUT2D eigenvalue weighted by atomic mass is 16.2. The molecule has 0 spiro atoms. The molecule has 0 radical (unpaired) electrons. The number of imidazole rings is 1. The van der Waals surface area contributed by atoms with Gasteiger partial charge in [-0.2, -0.15) is 4.98 Å². The van der Waals surface area contributed by atoms with Gasteiger partial charge in [0.2, 0.25) is 5.95 Å². The topological polar surface area (TPSA) is 116 Å². The molecule has 0 atom stereocenters. The predicted molar refractivity (Wildman–Crippen MR) is 93.0 cm³/mol. The van der Waals surface area contributed by atoms with Crippen LogP contribution in [0.4, 0.5) is 11.8 Å². The normalized spacial score (nSPS) is 10.9. The second-order valence-corrected chi connectivity index (χ2v) is 5.48. The van der Waals surface area contributed by atoms with Crippen molar-refractivity contribution in [3.05, 3.63) is 54.0 Å². The Kier molecular flexibility index (Phi) is 4.72. The van der Waals surface area contributed by atoms with Crippen molar-refractivity contribution < 1.29 is 5.11 Å². The molecule has 0 amide bonds. The highest BCUT2D eigenvalue weighted by Crippen LogP contribution is 2.28. The molecule has 0 aliphatic carbocycles. The van der Waals surface area contributed by atoms with Crippen LogP contribution in [0.5, 0.6) is 0 Å². The van der Waals surface area contributed by atoms with E-state index in [0.717, 1.165) is 5.56 Å². The molecule has 0 unspecified atom stereocenters. The number of benzene rings is 1. The number of aliphatic hydroxyl groups excluding tert-OH is 1. The number of hydrogen-bond donors (Lipinski definition) is 3. The molecule has 0 bridgehead atoms. The summed E-state index contributed by atoms with van der Waals surface area (Å²) in [6.07, 6.45) is 4.75. The highest BCUT2D eigenvalue weighted by Gasteiger charge is 2.18. The largest absolute Gasteiger partial charge is 0.396 e. The van der Waals surface area contributed by atoms with Crippen LogP contribution in [0.1, 0.15) is 17.7 Å². The van der Waals surface area contributed by atoms with Gasteiger partial charge in [0.25, 0.3) is 0 Å². The predicted octanol–water partition coefficient (Wildman–Crippen LogP) is 1.48. The minimum Gasteiger partial charge on any atom is -0.396 e. The number of aryl methyl sites for hydroxylation is 1. The monoisotopic (exact) mass is 324 g/mol. The van der Waals surface area contributed by atoms with E-state index in [1.54, 1.807) is 6.20 Å². The Morgan fingerprint density at radius 3 is 2.62 bits per heavy atom. The molecule has 0 aliphatic heterocycles. The zero-order valence-corrected chi connectivity index (χ0v) is 13.3. The molecule has 0 saturated carbocycles. The molecule has 1 aromatic carbocycles. The minimum absolute atomic E-state index is 0.0711. The summed E-state index contributed by atoms with van der Waals surface area (Å²) >= 11 is 0. The van der Waals surface area contributed by atoms with E-state index in [2.05, 4.69) is 27.1 Å². The second kappa shape index (κ2) is 7.10. The molecule has 3 aromatic rings. The minimum atomic E-state index is 0.0711. The molecule has 0 saturated heterocycles. The van der Waals surface area contributed by atoms with Gasteiger partial charge in [0.1, 0.15) is 11.6 Å². The summed E-state index contributed by atoms with van der Waals surface area (Å²) < 4.78 is 2.00. The first-order chi connectivity index (χ1) is 11.7. The van der Waals surface area contributed by atoms with Crippen LogP contribution in [0.2, 0.25) is 0 Å². The number of nitrogen functional groups attached to an aromatic ring is 2. The third-order valence-electron chi connectivity index (χ3n) is 3.74. The van der Waals surface area contributed by atoms with E-state index < -0.39 is 0 Å². The van der Waals surface area contributed by atoms with Crippen LogP contribution in [0.15, 0.2) is 42.7 Å². The SMILES string of the molecule is Nc1nc(N)c(-c2nccn2Cc2ccccc2)c(CCCO)n1. The Hall–Kier alpha value is -2.93. The van der Waals surface area contributed by atoms with Crippen LogP contribution < -0.4 is 11.5 Å². The lowest BCUT2D eigenvalue weighted by molar-refractivity contribution is 0.288. The number of hydrogen-bond acceptors (Lipinski definition) is 6. The third kappa shape index (κ3) is 3.36. The van der Waals surface area contributed by atoms with E-state index in [0.29, 0.717) is 42.3 Å². The van der Waals surface area contributed by atoms with Crippen molar-refractivity contribution in [3.8, 4) is 11.4 Å². The van der Waals surface area contributed by atoms with Gasteiger partial charge in [-0.05, 0) is 18.4 Å². The van der Waals surface area contributed by atoms with Gasteiger partial charge in [0, 0.05) is 25.5 Å². The summed E-state index contributed by atoms with van der Waals surface area (Å²) in [6.45, 7) is 0.737. The van der Waals surface area contributed by atoms with Gasteiger partial charge in [-0.25, -0.2) is 9.97 Å². The summed E-state index contributed by atoms with van der Waals surface area (Å²) in [5.41, 5.74) is 14.4. The van der Waals surface area contributed by atoms with Crippen molar-refractivity contribution in [1.29, 1.82) is 0 Å². The van der Waals surface area contributed by atoms with E-state index in [1.165, 1.54) is 0 Å². The maximum Gasteiger partial charge on any atom is 0.222 e. The van der Waals surface area contributed by atoms with E-state index in [9.17, 15) is 0 Å². The van der Waals surface area contributed by atoms with Crippen molar-refractivity contribution in [1.82, 2.24) is 19.5 Å². The molecule has 5 N–H and O–H groups in total. The summed E-state index contributed by atoms with van der Waals surface area (Å²) in [5, 5.41) is 9.11. The molecular weight excluding hydrogens is 304 g/mol. The highest BCUT2D eigenvalue weighted by molar-refractivity contribution is 5.72. The lowest BCUT2D eigenvalue weighted by Crippen LogP contribution is -2.10. The Labute approximate surface area is 140 Å². The van der Waals surface area contributed by atoms with Crippen LogP contribution in [0, 0.1) is 0 Å². The summed E-state index contributed by atoms with van der Waals surface area (Å²) in [6, 6.07) is 10.1. The molecule has 0 fully saturated rings. The first kappa shape index (κ1) is 15.9. The van der Waals surface area contributed by atoms with Crippen LogP contribution in [0.25, 0.3) is 11.4 Å². The Balaban J connectivity index is 2.02. The molecule has 124 valence electrons. The molecule has 7 nitrogen and oxygen atoms in total. The van der Waals surface area contributed by atoms with Crippen LogP contribution in [0.3, 0.4) is 0 Å². The van der Waals surface area contributed by atoms with Crippen LogP contribution in [-0.2, 0) is 13.0 Å². The van der Waals surface area contributed by atoms with Gasteiger partial charge < -0.3 is 21.1 Å². The first-order valence-electron chi connectivity index (χ1n) is 7.77. The van der Waals surface area contributed by atoms with Gasteiger partial charge >= 0.3 is 0 Å². The fourth-order valence-electron chi connectivity index (χ4n) is 2.66. The second-order valence-electron chi connectivity index (χ2n) is 5.48. The maximum atomic E-state index is 9.11. The zero-order valence-electron chi connectivity index (χ0n) is 13.3. The maximum absolute atomic E-state index is 9.11. The summed E-state index contributed by atoms with van der Waals surface area (Å²) in [7, 11) is 0. The van der Waals surface area contributed by atoms with Gasteiger partial charge in [-0.15, -0.1) is 0 Å². The van der Waals surface area contributed by atoms with Gasteiger partial charge in [-0.3, -0.25) is 0 Å².